The number of aliphatic hydroxyl groups is 1. The highest BCUT2D eigenvalue weighted by molar-refractivity contribution is 5.78. The van der Waals surface area contributed by atoms with Crippen LogP contribution in [0.2, 0.25) is 0 Å². The van der Waals surface area contributed by atoms with Crippen molar-refractivity contribution in [3.8, 4) is 5.75 Å². The lowest BCUT2D eigenvalue weighted by Crippen LogP contribution is -2.33. The van der Waals surface area contributed by atoms with Gasteiger partial charge >= 0.3 is 0 Å². The lowest BCUT2D eigenvalue weighted by atomic mass is 9.88. The minimum absolute atomic E-state index is 0.0173. The number of hydrogen-bond donors (Lipinski definition) is 2. The summed E-state index contributed by atoms with van der Waals surface area (Å²) >= 11 is 0. The van der Waals surface area contributed by atoms with Crippen LogP contribution in [-0.4, -0.2) is 59.7 Å². The Morgan fingerprint density at radius 2 is 1.81 bits per heavy atom. The number of nitrogens with zero attached hydrogens (tertiary/aromatic N) is 2. The molecule has 0 bridgehead atoms. The Morgan fingerprint density at radius 1 is 1.03 bits per heavy atom. The maximum absolute atomic E-state index is 12.2. The van der Waals surface area contributed by atoms with E-state index in [0.717, 1.165) is 38.2 Å². The molecule has 2 fully saturated rings. The molecular weight excluding hydrogens is 390 g/mol. The van der Waals surface area contributed by atoms with E-state index in [1.807, 2.05) is 18.2 Å². The Kier molecular flexibility index (Phi) is 7.22. The van der Waals surface area contributed by atoms with E-state index in [1.165, 1.54) is 16.7 Å². The standard InChI is InChI=1S/C25H33N3O3/c26-15-19-3-1-5-22(13-19)21-7-10-27(11-8-21)16-20-4-2-6-24(14-20)31-18-25(30)28-12-9-23(29)17-28/h1-6,13-14,21,23,29H,7-12,15-18,26H2. The number of carbonyl (C=O) groups is 1. The molecule has 31 heavy (non-hydrogen) atoms. The van der Waals surface area contributed by atoms with Crippen molar-refractivity contribution in [2.24, 2.45) is 5.73 Å². The van der Waals surface area contributed by atoms with Gasteiger partial charge in [0.15, 0.2) is 6.61 Å². The van der Waals surface area contributed by atoms with Crippen molar-refractivity contribution < 1.29 is 14.6 Å². The number of β-amino-alcohol motifs (C(OH)–C–C–N with tert-alkyl or cyclic N) is 1. The highest BCUT2D eigenvalue weighted by Gasteiger charge is 2.25. The molecule has 2 saturated heterocycles. The molecule has 1 amide bonds. The molecule has 3 N–H and O–H groups in total. The second-order valence-electron chi connectivity index (χ2n) is 8.72. The molecule has 0 aromatic heterocycles. The number of rotatable bonds is 7. The number of hydrogen-bond acceptors (Lipinski definition) is 5. The molecule has 2 aliphatic rings. The molecule has 2 heterocycles. The zero-order chi connectivity index (χ0) is 21.6. The molecule has 6 heteroatoms. The first-order chi connectivity index (χ1) is 15.1. The Hall–Kier alpha value is -2.41. The van der Waals surface area contributed by atoms with Gasteiger partial charge in [-0.05, 0) is 67.1 Å². The maximum Gasteiger partial charge on any atom is 0.260 e. The largest absolute Gasteiger partial charge is 0.484 e. The first-order valence-electron chi connectivity index (χ1n) is 11.3. The summed E-state index contributed by atoms with van der Waals surface area (Å²) in [6.07, 6.45) is 2.55. The van der Waals surface area contributed by atoms with Gasteiger partial charge in [-0.3, -0.25) is 9.69 Å². The zero-order valence-electron chi connectivity index (χ0n) is 18.1. The van der Waals surface area contributed by atoms with Crippen LogP contribution in [0.1, 0.15) is 41.9 Å². The number of aliphatic hydroxyl groups excluding tert-OH is 1. The van der Waals surface area contributed by atoms with Crippen LogP contribution in [0.25, 0.3) is 0 Å². The summed E-state index contributed by atoms with van der Waals surface area (Å²) in [5.74, 6) is 1.26. The fourth-order valence-corrected chi connectivity index (χ4v) is 4.59. The van der Waals surface area contributed by atoms with E-state index in [-0.39, 0.29) is 12.5 Å². The number of likely N-dealkylation sites (tertiary alicyclic amines) is 2. The molecule has 4 rings (SSSR count). The van der Waals surface area contributed by atoms with E-state index in [4.69, 9.17) is 10.5 Å². The van der Waals surface area contributed by atoms with E-state index < -0.39 is 6.10 Å². The van der Waals surface area contributed by atoms with Crippen LogP contribution >= 0.6 is 0 Å². The van der Waals surface area contributed by atoms with E-state index in [1.54, 1.807) is 4.90 Å². The Morgan fingerprint density at radius 3 is 2.55 bits per heavy atom. The highest BCUT2D eigenvalue weighted by atomic mass is 16.5. The molecule has 1 atom stereocenters. The fourth-order valence-electron chi connectivity index (χ4n) is 4.59. The minimum Gasteiger partial charge on any atom is -0.484 e. The van der Waals surface area contributed by atoms with Gasteiger partial charge in [-0.25, -0.2) is 0 Å². The third-order valence-corrected chi connectivity index (χ3v) is 6.43. The van der Waals surface area contributed by atoms with Gasteiger partial charge in [0.05, 0.1) is 6.10 Å². The molecule has 0 radical (unpaired) electrons. The van der Waals surface area contributed by atoms with E-state index in [9.17, 15) is 9.90 Å². The topological polar surface area (TPSA) is 79.0 Å². The van der Waals surface area contributed by atoms with Crippen molar-refractivity contribution in [1.29, 1.82) is 0 Å². The minimum atomic E-state index is -0.402. The number of nitrogens with two attached hydrogens (primary N) is 1. The predicted octanol–water partition coefficient (Wildman–Crippen LogP) is 2.50. The van der Waals surface area contributed by atoms with Crippen molar-refractivity contribution in [3.05, 3.63) is 65.2 Å². The summed E-state index contributed by atoms with van der Waals surface area (Å²) in [6, 6.07) is 16.7. The monoisotopic (exact) mass is 423 g/mol. The molecule has 2 aromatic carbocycles. The maximum atomic E-state index is 12.2. The molecule has 6 nitrogen and oxygen atoms in total. The van der Waals surface area contributed by atoms with Gasteiger partial charge in [0.2, 0.25) is 0 Å². The fraction of sp³-hybridized carbons (Fsp3) is 0.480. The second kappa shape index (κ2) is 10.3. The lowest BCUT2D eigenvalue weighted by Gasteiger charge is -2.32. The summed E-state index contributed by atoms with van der Waals surface area (Å²) in [5, 5.41) is 9.59. The number of ether oxygens (including phenoxy) is 1. The highest BCUT2D eigenvalue weighted by Crippen LogP contribution is 2.29. The van der Waals surface area contributed by atoms with Gasteiger partial charge < -0.3 is 20.5 Å². The number of piperidine rings is 1. The molecule has 166 valence electrons. The van der Waals surface area contributed by atoms with Gasteiger partial charge in [0.25, 0.3) is 5.91 Å². The second-order valence-corrected chi connectivity index (χ2v) is 8.72. The summed E-state index contributed by atoms with van der Waals surface area (Å²) in [7, 11) is 0. The Bertz CT molecular complexity index is 880. The first kappa shape index (κ1) is 21.8. The number of amides is 1. The van der Waals surface area contributed by atoms with Gasteiger partial charge in [0, 0.05) is 26.2 Å². The SMILES string of the molecule is NCc1cccc(C2CCN(Cc3cccc(OCC(=O)N4CCC(O)C4)c3)CC2)c1. The van der Waals surface area contributed by atoms with E-state index in [0.29, 0.717) is 32.0 Å². The van der Waals surface area contributed by atoms with Crippen LogP contribution in [0.5, 0.6) is 5.75 Å². The lowest BCUT2D eigenvalue weighted by molar-refractivity contribution is -0.132. The summed E-state index contributed by atoms with van der Waals surface area (Å²) in [4.78, 5) is 16.4. The molecule has 0 spiro atoms. The van der Waals surface area contributed by atoms with Crippen molar-refractivity contribution >= 4 is 5.91 Å². The van der Waals surface area contributed by atoms with Crippen LogP contribution in [0.3, 0.4) is 0 Å². The average Bonchev–Trinajstić information content (AvgIpc) is 3.25. The van der Waals surface area contributed by atoms with Gasteiger partial charge in [-0.2, -0.15) is 0 Å². The summed E-state index contributed by atoms with van der Waals surface area (Å²) < 4.78 is 5.74. The Balaban J connectivity index is 1.26. The molecule has 2 aromatic rings. The first-order valence-corrected chi connectivity index (χ1v) is 11.3. The summed E-state index contributed by atoms with van der Waals surface area (Å²) in [6.45, 7) is 4.65. The molecule has 0 aliphatic carbocycles. The van der Waals surface area contributed by atoms with Crippen molar-refractivity contribution in [1.82, 2.24) is 9.80 Å². The van der Waals surface area contributed by atoms with Crippen LogP contribution in [0.15, 0.2) is 48.5 Å². The van der Waals surface area contributed by atoms with Crippen molar-refractivity contribution in [3.63, 3.8) is 0 Å². The van der Waals surface area contributed by atoms with Crippen LogP contribution in [-0.2, 0) is 17.9 Å². The normalized spacial score (nSPS) is 20.2. The quantitative estimate of drug-likeness (QED) is 0.715. The third-order valence-electron chi connectivity index (χ3n) is 6.43. The molecule has 2 aliphatic heterocycles. The van der Waals surface area contributed by atoms with E-state index >= 15 is 0 Å². The smallest absolute Gasteiger partial charge is 0.260 e. The van der Waals surface area contributed by atoms with Crippen molar-refractivity contribution in [2.75, 3.05) is 32.8 Å². The Labute approximate surface area is 184 Å². The molecular formula is C25H33N3O3. The van der Waals surface area contributed by atoms with Crippen LogP contribution < -0.4 is 10.5 Å². The molecule has 0 saturated carbocycles. The van der Waals surface area contributed by atoms with Gasteiger partial charge in [0.1, 0.15) is 5.75 Å². The average molecular weight is 424 g/mol. The van der Waals surface area contributed by atoms with Crippen LogP contribution in [0.4, 0.5) is 0 Å². The third kappa shape index (κ3) is 5.85. The number of carbonyl (C=O) groups excluding carboxylic acids is 1. The van der Waals surface area contributed by atoms with Crippen molar-refractivity contribution in [2.45, 2.75) is 44.4 Å². The summed E-state index contributed by atoms with van der Waals surface area (Å²) in [5.41, 5.74) is 9.61. The zero-order valence-corrected chi connectivity index (χ0v) is 18.1. The van der Waals surface area contributed by atoms with Crippen LogP contribution in [0, 0.1) is 0 Å². The van der Waals surface area contributed by atoms with E-state index in [2.05, 4.69) is 35.2 Å². The predicted molar refractivity (Wildman–Crippen MR) is 121 cm³/mol. The molecule has 1 unspecified atom stereocenters. The number of benzene rings is 2. The van der Waals surface area contributed by atoms with Gasteiger partial charge in [-0.15, -0.1) is 0 Å². The van der Waals surface area contributed by atoms with Gasteiger partial charge in [-0.1, -0.05) is 36.4 Å².